The number of ether oxygens (including phenoxy) is 1. The van der Waals surface area contributed by atoms with Crippen molar-refractivity contribution < 1.29 is 9.53 Å². The average molecular weight is 360 g/mol. The lowest BCUT2D eigenvalue weighted by atomic mass is 10.0. The van der Waals surface area contributed by atoms with Crippen molar-refractivity contribution >= 4 is 5.97 Å². The summed E-state index contributed by atoms with van der Waals surface area (Å²) in [6.45, 7) is 6.17. The summed E-state index contributed by atoms with van der Waals surface area (Å²) in [6, 6.07) is 21.5. The van der Waals surface area contributed by atoms with Crippen LogP contribution in [0, 0.1) is 11.8 Å². The van der Waals surface area contributed by atoms with Gasteiger partial charge in [0.2, 0.25) is 0 Å². The Balaban J connectivity index is 1.74. The molecule has 3 rings (SSSR count). The van der Waals surface area contributed by atoms with Crippen molar-refractivity contribution in [2.75, 3.05) is 6.61 Å². The minimum atomic E-state index is -0.228. The molecule has 0 amide bonds. The largest absolute Gasteiger partial charge is 0.463 e. The predicted octanol–water partition coefficient (Wildman–Crippen LogP) is 5.89. The molecule has 2 aromatic rings. The van der Waals surface area contributed by atoms with Gasteiger partial charge in [0.15, 0.2) is 0 Å². The Kier molecular flexibility index (Phi) is 6.28. The number of rotatable bonds is 7. The second-order valence-electron chi connectivity index (χ2n) is 7.26. The van der Waals surface area contributed by atoms with Crippen molar-refractivity contribution in [2.45, 2.75) is 32.6 Å². The van der Waals surface area contributed by atoms with Gasteiger partial charge < -0.3 is 4.74 Å². The topological polar surface area (TPSA) is 26.3 Å². The minimum absolute atomic E-state index is 0.197. The molecule has 0 heterocycles. The summed E-state index contributed by atoms with van der Waals surface area (Å²) in [5.41, 5.74) is 3.46. The molecule has 0 saturated heterocycles. The highest BCUT2D eigenvalue weighted by Crippen LogP contribution is 2.61. The monoisotopic (exact) mass is 360 g/mol. The van der Waals surface area contributed by atoms with E-state index in [1.54, 1.807) is 0 Å². The number of hydrogen-bond donors (Lipinski definition) is 0. The molecule has 0 spiro atoms. The van der Waals surface area contributed by atoms with Crippen molar-refractivity contribution in [1.82, 2.24) is 0 Å². The summed E-state index contributed by atoms with van der Waals surface area (Å²) in [5.74, 6) is 1.50. The lowest BCUT2D eigenvalue weighted by Gasteiger charge is -2.04. The molecule has 27 heavy (non-hydrogen) atoms. The second-order valence-corrected chi connectivity index (χ2v) is 7.26. The lowest BCUT2D eigenvalue weighted by Crippen LogP contribution is -2.06. The Hall–Kier alpha value is -2.61. The molecule has 2 unspecified atom stereocenters. The Bertz CT molecular complexity index is 759. The molecular formula is C25H28O2. The van der Waals surface area contributed by atoms with Gasteiger partial charge in [0.1, 0.15) is 0 Å². The molecule has 4 atom stereocenters. The third kappa shape index (κ3) is 4.77. The summed E-state index contributed by atoms with van der Waals surface area (Å²) in [7, 11) is 0. The van der Waals surface area contributed by atoms with Crippen LogP contribution in [0.4, 0.5) is 0 Å². The molecule has 0 aliphatic heterocycles. The fraction of sp³-hybridized carbons (Fsp3) is 0.320. The molecule has 0 radical (unpaired) electrons. The zero-order chi connectivity index (χ0) is 19.2. The molecule has 2 aromatic carbocycles. The van der Waals surface area contributed by atoms with Crippen LogP contribution in [0.2, 0.25) is 0 Å². The molecule has 0 bridgehead atoms. The Morgan fingerprint density at radius 3 is 2.00 bits per heavy atom. The van der Waals surface area contributed by atoms with Gasteiger partial charge in [0.05, 0.1) is 6.61 Å². The van der Waals surface area contributed by atoms with Crippen LogP contribution in [0.1, 0.15) is 43.7 Å². The summed E-state index contributed by atoms with van der Waals surface area (Å²) < 4.78 is 5.06. The number of hydrogen-bond acceptors (Lipinski definition) is 2. The van der Waals surface area contributed by atoms with Crippen LogP contribution in [0.25, 0.3) is 0 Å². The Morgan fingerprint density at radius 1 is 1.00 bits per heavy atom. The fourth-order valence-corrected chi connectivity index (χ4v) is 3.85. The molecule has 1 saturated carbocycles. The molecule has 0 N–H and O–H groups in total. The lowest BCUT2D eigenvalue weighted by molar-refractivity contribution is -0.138. The minimum Gasteiger partial charge on any atom is -0.463 e. The maximum atomic E-state index is 11.8. The van der Waals surface area contributed by atoms with Gasteiger partial charge in [-0.2, -0.15) is 0 Å². The zero-order valence-corrected chi connectivity index (χ0v) is 16.3. The predicted molar refractivity (Wildman–Crippen MR) is 111 cm³/mol. The first-order valence-corrected chi connectivity index (χ1v) is 9.75. The summed E-state index contributed by atoms with van der Waals surface area (Å²) in [6.07, 6.45) is 6.52. The first-order chi connectivity index (χ1) is 13.1. The van der Waals surface area contributed by atoms with Gasteiger partial charge in [0, 0.05) is 5.57 Å². The van der Waals surface area contributed by atoms with Crippen LogP contribution >= 0.6 is 0 Å². The smallest absolute Gasteiger partial charge is 0.333 e. The van der Waals surface area contributed by atoms with Gasteiger partial charge in [-0.25, -0.2) is 4.79 Å². The second kappa shape index (κ2) is 8.85. The molecule has 2 heteroatoms. The Morgan fingerprint density at radius 2 is 1.52 bits per heavy atom. The summed E-state index contributed by atoms with van der Waals surface area (Å²) in [5, 5.41) is 0. The molecule has 0 aromatic heterocycles. The van der Waals surface area contributed by atoms with Crippen molar-refractivity contribution in [3.05, 3.63) is 95.6 Å². The quantitative estimate of drug-likeness (QED) is 0.350. The first-order valence-electron chi connectivity index (χ1n) is 9.75. The first kappa shape index (κ1) is 19.2. The van der Waals surface area contributed by atoms with E-state index >= 15 is 0 Å². The average Bonchev–Trinajstić information content (AvgIpc) is 3.42. The number of esters is 1. The van der Waals surface area contributed by atoms with Crippen LogP contribution < -0.4 is 0 Å². The van der Waals surface area contributed by atoms with E-state index in [4.69, 9.17) is 4.74 Å². The highest BCUT2D eigenvalue weighted by Gasteiger charge is 2.49. The number of carbonyl (C=O) groups is 1. The number of carbonyl (C=O) groups excluding carboxylic acids is 1. The van der Waals surface area contributed by atoms with Crippen molar-refractivity contribution in [3.63, 3.8) is 0 Å². The van der Waals surface area contributed by atoms with Crippen LogP contribution in [-0.2, 0) is 9.53 Å². The van der Waals surface area contributed by atoms with Crippen LogP contribution in [0.5, 0.6) is 0 Å². The molecule has 1 aliphatic carbocycles. The van der Waals surface area contributed by atoms with Gasteiger partial charge >= 0.3 is 5.97 Å². The maximum Gasteiger partial charge on any atom is 0.333 e. The molecule has 1 aliphatic rings. The number of allylic oxidation sites excluding steroid dienone is 3. The van der Waals surface area contributed by atoms with E-state index in [0.717, 1.165) is 0 Å². The zero-order valence-electron chi connectivity index (χ0n) is 16.3. The van der Waals surface area contributed by atoms with E-state index < -0.39 is 0 Å². The Labute approximate surface area is 162 Å². The van der Waals surface area contributed by atoms with Crippen molar-refractivity contribution in [1.29, 1.82) is 0 Å². The van der Waals surface area contributed by atoms with Gasteiger partial charge in [-0.1, -0.05) is 85.8 Å². The van der Waals surface area contributed by atoms with Gasteiger partial charge in [-0.05, 0) is 48.6 Å². The SMILES string of the molecule is CCOC(=O)/C(C)=C/C(C)/C=C/C1[C@@H](c2ccccc2)[C@H]1c1ccccc1. The highest BCUT2D eigenvalue weighted by atomic mass is 16.5. The van der Waals surface area contributed by atoms with Crippen LogP contribution in [-0.4, -0.2) is 12.6 Å². The standard InChI is InChI=1S/C25H28O2/c1-4-27-25(26)19(3)17-18(2)15-16-22-23(20-11-7-5-8-12-20)24(22)21-13-9-6-10-14-21/h5-18,22-24H,4H2,1-3H3/b16-15+,19-17+/t18?,22?,23-,24+. The normalized spacial score (nSPS) is 23.2. The third-order valence-electron chi connectivity index (χ3n) is 5.19. The van der Waals surface area contributed by atoms with E-state index in [2.05, 4.69) is 79.7 Å². The molecule has 2 nitrogen and oxygen atoms in total. The molecule has 140 valence electrons. The van der Waals surface area contributed by atoms with E-state index in [-0.39, 0.29) is 11.9 Å². The summed E-state index contributed by atoms with van der Waals surface area (Å²) in [4.78, 5) is 11.8. The maximum absolute atomic E-state index is 11.8. The van der Waals surface area contributed by atoms with Gasteiger partial charge in [-0.3, -0.25) is 0 Å². The summed E-state index contributed by atoms with van der Waals surface area (Å²) >= 11 is 0. The van der Waals surface area contributed by atoms with Gasteiger partial charge in [0.25, 0.3) is 0 Å². The van der Waals surface area contributed by atoms with Crippen molar-refractivity contribution in [2.24, 2.45) is 11.8 Å². The fourth-order valence-electron chi connectivity index (χ4n) is 3.85. The van der Waals surface area contributed by atoms with Crippen LogP contribution in [0.3, 0.4) is 0 Å². The van der Waals surface area contributed by atoms with E-state index in [9.17, 15) is 4.79 Å². The van der Waals surface area contributed by atoms with E-state index in [1.165, 1.54) is 11.1 Å². The highest BCUT2D eigenvalue weighted by molar-refractivity contribution is 5.87. The molecule has 1 fully saturated rings. The van der Waals surface area contributed by atoms with Crippen LogP contribution in [0.15, 0.2) is 84.5 Å². The van der Waals surface area contributed by atoms with Crippen molar-refractivity contribution in [3.8, 4) is 0 Å². The number of benzene rings is 2. The van der Waals surface area contributed by atoms with E-state index in [0.29, 0.717) is 29.9 Å². The van der Waals surface area contributed by atoms with Gasteiger partial charge in [-0.15, -0.1) is 0 Å². The third-order valence-corrected chi connectivity index (χ3v) is 5.19. The van der Waals surface area contributed by atoms with E-state index in [1.807, 2.05) is 19.9 Å². The molecular weight excluding hydrogens is 332 g/mol.